The molecule has 0 aliphatic carbocycles. The van der Waals surface area contributed by atoms with Gasteiger partial charge in [-0.1, -0.05) is 0 Å². The summed E-state index contributed by atoms with van der Waals surface area (Å²) in [6.45, 7) is 5.99. The Hall–Kier alpha value is -2.48. The standard InChI is InChI=1S/C18H26N6O2/c1-4-24-11-15(14(2)21-24)16(25)22(3)12-18(26)7-5-10-23(13-18)17-19-8-6-9-20-17/h6,8-9,11,26H,4-5,7,10,12-13H2,1-3H3/t18-/m1/s1. The van der Waals surface area contributed by atoms with E-state index in [-0.39, 0.29) is 12.5 Å². The van der Waals surface area contributed by atoms with E-state index in [0.717, 1.165) is 13.0 Å². The number of hydrogen-bond donors (Lipinski definition) is 1. The molecule has 0 unspecified atom stereocenters. The number of aryl methyl sites for hydroxylation is 2. The summed E-state index contributed by atoms with van der Waals surface area (Å²) in [7, 11) is 1.72. The van der Waals surface area contributed by atoms with Crippen molar-refractivity contribution < 1.29 is 9.90 Å². The Bertz CT molecular complexity index is 762. The first kappa shape index (κ1) is 18.3. The quantitative estimate of drug-likeness (QED) is 0.861. The van der Waals surface area contributed by atoms with Crippen LogP contribution in [0.15, 0.2) is 24.7 Å². The lowest BCUT2D eigenvalue weighted by atomic mass is 9.92. The molecule has 0 aromatic carbocycles. The fraction of sp³-hybridized carbons (Fsp3) is 0.556. The van der Waals surface area contributed by atoms with Gasteiger partial charge in [-0.2, -0.15) is 5.10 Å². The van der Waals surface area contributed by atoms with Crippen molar-refractivity contribution in [2.75, 3.05) is 31.6 Å². The predicted octanol–water partition coefficient (Wildman–Crippen LogP) is 1.10. The number of anilines is 1. The number of aromatic nitrogens is 4. The molecule has 26 heavy (non-hydrogen) atoms. The number of aliphatic hydroxyl groups is 1. The topological polar surface area (TPSA) is 87.4 Å². The fourth-order valence-corrected chi connectivity index (χ4v) is 3.48. The normalized spacial score (nSPS) is 20.2. The van der Waals surface area contributed by atoms with Gasteiger partial charge in [0.2, 0.25) is 5.95 Å². The molecule has 1 aliphatic rings. The molecule has 1 amide bonds. The Labute approximate surface area is 153 Å². The van der Waals surface area contributed by atoms with Gasteiger partial charge < -0.3 is 14.9 Å². The first-order chi connectivity index (χ1) is 12.4. The molecule has 0 saturated carbocycles. The van der Waals surface area contributed by atoms with Crippen molar-refractivity contribution in [3.8, 4) is 0 Å². The van der Waals surface area contributed by atoms with E-state index in [0.29, 0.717) is 36.7 Å². The summed E-state index contributed by atoms with van der Waals surface area (Å²) in [4.78, 5) is 24.9. The highest BCUT2D eigenvalue weighted by Gasteiger charge is 2.36. The van der Waals surface area contributed by atoms with E-state index < -0.39 is 5.60 Å². The fourth-order valence-electron chi connectivity index (χ4n) is 3.48. The highest BCUT2D eigenvalue weighted by atomic mass is 16.3. The molecule has 0 bridgehead atoms. The van der Waals surface area contributed by atoms with E-state index in [1.54, 1.807) is 41.3 Å². The van der Waals surface area contributed by atoms with Crippen LogP contribution in [0.5, 0.6) is 0 Å². The number of amides is 1. The molecular formula is C18H26N6O2. The average Bonchev–Trinajstić information content (AvgIpc) is 3.02. The minimum atomic E-state index is -0.990. The third-order valence-electron chi connectivity index (χ3n) is 4.77. The predicted molar refractivity (Wildman–Crippen MR) is 98.0 cm³/mol. The molecule has 3 heterocycles. The van der Waals surface area contributed by atoms with Crippen molar-refractivity contribution in [3.05, 3.63) is 35.9 Å². The van der Waals surface area contributed by atoms with E-state index in [1.807, 2.05) is 18.7 Å². The monoisotopic (exact) mass is 358 g/mol. The van der Waals surface area contributed by atoms with Crippen LogP contribution in [0.1, 0.15) is 35.8 Å². The molecule has 2 aromatic heterocycles. The van der Waals surface area contributed by atoms with Gasteiger partial charge in [0, 0.05) is 38.7 Å². The third kappa shape index (κ3) is 3.85. The SMILES string of the molecule is CCn1cc(C(=O)N(C)C[C@]2(O)CCCN(c3ncccn3)C2)c(C)n1. The van der Waals surface area contributed by atoms with Crippen molar-refractivity contribution in [3.63, 3.8) is 0 Å². The maximum Gasteiger partial charge on any atom is 0.257 e. The van der Waals surface area contributed by atoms with Gasteiger partial charge >= 0.3 is 0 Å². The van der Waals surface area contributed by atoms with Crippen LogP contribution in [-0.2, 0) is 6.54 Å². The summed E-state index contributed by atoms with van der Waals surface area (Å²) < 4.78 is 1.75. The lowest BCUT2D eigenvalue weighted by Gasteiger charge is -2.41. The van der Waals surface area contributed by atoms with Crippen LogP contribution < -0.4 is 4.90 Å². The van der Waals surface area contributed by atoms with Gasteiger partial charge in [-0.05, 0) is 32.8 Å². The number of nitrogens with zero attached hydrogens (tertiary/aromatic N) is 6. The van der Waals surface area contributed by atoms with Gasteiger partial charge in [-0.15, -0.1) is 0 Å². The molecule has 1 fully saturated rings. The summed E-state index contributed by atoms with van der Waals surface area (Å²) in [6, 6.07) is 1.77. The number of hydrogen-bond acceptors (Lipinski definition) is 6. The zero-order valence-electron chi connectivity index (χ0n) is 15.6. The lowest BCUT2D eigenvalue weighted by Crippen LogP contribution is -2.55. The van der Waals surface area contributed by atoms with Crippen LogP contribution in [0.2, 0.25) is 0 Å². The number of β-amino-alcohol motifs (C(OH)–C–C–N with tert-alkyl or cyclic N) is 1. The van der Waals surface area contributed by atoms with Gasteiger partial charge in [0.15, 0.2) is 0 Å². The second-order valence-electron chi connectivity index (χ2n) is 6.94. The molecule has 0 spiro atoms. The highest BCUT2D eigenvalue weighted by molar-refractivity contribution is 5.94. The third-order valence-corrected chi connectivity index (χ3v) is 4.77. The molecule has 0 radical (unpaired) electrons. The zero-order valence-corrected chi connectivity index (χ0v) is 15.6. The zero-order chi connectivity index (χ0) is 18.7. The van der Waals surface area contributed by atoms with Gasteiger partial charge in [0.1, 0.15) is 0 Å². The lowest BCUT2D eigenvalue weighted by molar-refractivity contribution is -0.000321. The van der Waals surface area contributed by atoms with E-state index in [2.05, 4.69) is 15.1 Å². The number of rotatable bonds is 5. The molecular weight excluding hydrogens is 332 g/mol. The van der Waals surface area contributed by atoms with Crippen molar-refractivity contribution in [1.82, 2.24) is 24.6 Å². The first-order valence-electron chi connectivity index (χ1n) is 8.96. The van der Waals surface area contributed by atoms with Crippen molar-refractivity contribution in [2.24, 2.45) is 0 Å². The van der Waals surface area contributed by atoms with Gasteiger partial charge in [-0.3, -0.25) is 9.48 Å². The molecule has 3 rings (SSSR count). The Balaban J connectivity index is 1.70. The van der Waals surface area contributed by atoms with Crippen LogP contribution >= 0.6 is 0 Å². The van der Waals surface area contributed by atoms with Crippen molar-refractivity contribution >= 4 is 11.9 Å². The number of carbonyl (C=O) groups excluding carboxylic acids is 1. The summed E-state index contributed by atoms with van der Waals surface area (Å²) in [5.41, 5.74) is 0.298. The molecule has 1 N–H and O–H groups in total. The van der Waals surface area contributed by atoms with Crippen molar-refractivity contribution in [2.45, 2.75) is 38.8 Å². The van der Waals surface area contributed by atoms with E-state index in [4.69, 9.17) is 0 Å². The van der Waals surface area contributed by atoms with Gasteiger partial charge in [0.25, 0.3) is 5.91 Å². The molecule has 1 aliphatic heterocycles. The number of likely N-dealkylation sites (N-methyl/N-ethyl adjacent to an activating group) is 1. The van der Waals surface area contributed by atoms with Crippen LogP contribution in [-0.4, -0.2) is 67.9 Å². The Morgan fingerprint density at radius 2 is 2.12 bits per heavy atom. The van der Waals surface area contributed by atoms with Crippen LogP contribution in [0, 0.1) is 6.92 Å². The minimum absolute atomic E-state index is 0.122. The molecule has 1 atom stereocenters. The molecule has 2 aromatic rings. The van der Waals surface area contributed by atoms with Gasteiger partial charge in [-0.25, -0.2) is 9.97 Å². The van der Waals surface area contributed by atoms with Crippen LogP contribution in [0.3, 0.4) is 0 Å². The molecule has 8 heteroatoms. The van der Waals surface area contributed by atoms with Crippen LogP contribution in [0.4, 0.5) is 5.95 Å². The molecule has 8 nitrogen and oxygen atoms in total. The minimum Gasteiger partial charge on any atom is -0.386 e. The Kier molecular flexibility index (Phi) is 5.22. The average molecular weight is 358 g/mol. The second kappa shape index (κ2) is 7.41. The van der Waals surface area contributed by atoms with E-state index in [1.165, 1.54) is 0 Å². The van der Waals surface area contributed by atoms with E-state index in [9.17, 15) is 9.90 Å². The largest absolute Gasteiger partial charge is 0.386 e. The van der Waals surface area contributed by atoms with Crippen molar-refractivity contribution in [1.29, 1.82) is 0 Å². The van der Waals surface area contributed by atoms with E-state index >= 15 is 0 Å². The smallest absolute Gasteiger partial charge is 0.257 e. The summed E-state index contributed by atoms with van der Waals surface area (Å²) in [5.74, 6) is 0.489. The summed E-state index contributed by atoms with van der Waals surface area (Å²) in [5, 5.41) is 15.4. The molecule has 140 valence electrons. The van der Waals surface area contributed by atoms with Gasteiger partial charge in [0.05, 0.1) is 29.9 Å². The summed E-state index contributed by atoms with van der Waals surface area (Å²) in [6.07, 6.45) is 6.62. The maximum atomic E-state index is 12.8. The number of piperidine rings is 1. The highest BCUT2D eigenvalue weighted by Crippen LogP contribution is 2.25. The summed E-state index contributed by atoms with van der Waals surface area (Å²) >= 11 is 0. The Morgan fingerprint density at radius 3 is 2.77 bits per heavy atom. The van der Waals surface area contributed by atoms with Crippen LogP contribution in [0.25, 0.3) is 0 Å². The number of carbonyl (C=O) groups is 1. The maximum absolute atomic E-state index is 12.8. The Morgan fingerprint density at radius 1 is 1.38 bits per heavy atom. The first-order valence-corrected chi connectivity index (χ1v) is 8.96. The molecule has 1 saturated heterocycles. The second-order valence-corrected chi connectivity index (χ2v) is 6.94.